The largest absolute Gasteiger partial charge is 0.491 e. The van der Waals surface area contributed by atoms with Crippen molar-refractivity contribution in [1.29, 1.82) is 0 Å². The summed E-state index contributed by atoms with van der Waals surface area (Å²) >= 11 is 0. The van der Waals surface area contributed by atoms with Crippen LogP contribution in [-0.2, 0) is 36.2 Å². The van der Waals surface area contributed by atoms with Crippen LogP contribution in [0.1, 0.15) is 60.0 Å². The number of fused-ring (bicyclic) bond motifs is 1. The molecule has 1 aromatic heterocycles. The lowest BCUT2D eigenvalue weighted by Gasteiger charge is -2.41. The predicted octanol–water partition coefficient (Wildman–Crippen LogP) is 4.35. The average Bonchev–Trinajstić information content (AvgIpc) is 2.96. The van der Waals surface area contributed by atoms with Crippen molar-refractivity contribution in [2.24, 2.45) is 5.41 Å². The fraction of sp³-hybridized carbons (Fsp3) is 0.552. The van der Waals surface area contributed by atoms with Crippen molar-refractivity contribution in [3.8, 4) is 5.75 Å². The van der Waals surface area contributed by atoms with Crippen molar-refractivity contribution in [2.45, 2.75) is 52.8 Å². The van der Waals surface area contributed by atoms with E-state index in [0.29, 0.717) is 12.5 Å². The van der Waals surface area contributed by atoms with Gasteiger partial charge in [-0.3, -0.25) is 18.9 Å². The van der Waals surface area contributed by atoms with Crippen LogP contribution in [0.15, 0.2) is 29.2 Å². The van der Waals surface area contributed by atoms with Gasteiger partial charge in [0.25, 0.3) is 5.91 Å². The van der Waals surface area contributed by atoms with Crippen LogP contribution >= 0.6 is 7.60 Å². The Morgan fingerprint density at radius 1 is 1.14 bits per heavy atom. The summed E-state index contributed by atoms with van der Waals surface area (Å²) in [6.45, 7) is 6.03. The number of amides is 1. The van der Waals surface area contributed by atoms with Crippen molar-refractivity contribution < 1.29 is 46.2 Å². The number of Topliss-reactive ketones (excluding diaryl/α,β-unsaturated/α-hetero) is 1. The fourth-order valence-electron chi connectivity index (χ4n) is 5.02. The highest BCUT2D eigenvalue weighted by Gasteiger charge is 2.48. The molecule has 11 nitrogen and oxygen atoms in total. The van der Waals surface area contributed by atoms with Crippen LogP contribution in [0.2, 0.25) is 0 Å². The lowest BCUT2D eigenvalue weighted by molar-refractivity contribution is -0.0292. The lowest BCUT2D eigenvalue weighted by atomic mass is 9.73. The summed E-state index contributed by atoms with van der Waals surface area (Å²) in [4.78, 5) is 40.1. The topological polar surface area (TPSA) is 131 Å². The first kappa shape index (κ1) is 34.5. The molecule has 0 radical (unpaired) electrons. The number of ketones is 1. The highest BCUT2D eigenvalue weighted by Crippen LogP contribution is 2.48. The zero-order chi connectivity index (χ0) is 31.8. The Morgan fingerprint density at radius 2 is 1.84 bits per heavy atom. The molecule has 0 saturated carbocycles. The van der Waals surface area contributed by atoms with E-state index in [1.54, 1.807) is 20.8 Å². The van der Waals surface area contributed by atoms with E-state index >= 15 is 0 Å². The van der Waals surface area contributed by atoms with Gasteiger partial charge in [-0.25, -0.2) is 8.78 Å². The van der Waals surface area contributed by atoms with Crippen LogP contribution in [0.25, 0.3) is 0 Å². The van der Waals surface area contributed by atoms with Crippen molar-refractivity contribution in [3.63, 3.8) is 0 Å². The number of hydrogen-bond acceptors (Lipinski definition) is 9. The molecule has 1 amide bonds. The molecule has 14 heteroatoms. The number of pyridine rings is 1. The summed E-state index contributed by atoms with van der Waals surface area (Å²) in [5, 5.41) is 2.46. The van der Waals surface area contributed by atoms with Gasteiger partial charge in [0.15, 0.2) is 11.5 Å². The normalized spacial score (nSPS) is 18.4. The lowest BCUT2D eigenvalue weighted by Crippen LogP contribution is -2.50. The molecule has 2 atom stereocenters. The fourth-order valence-corrected chi connectivity index (χ4v) is 6.65. The van der Waals surface area contributed by atoms with Gasteiger partial charge < -0.3 is 33.1 Å². The zero-order valence-corrected chi connectivity index (χ0v) is 26.0. The minimum atomic E-state index is -3.18. The maximum Gasteiger partial charge on any atom is 0.330 e. The Kier molecular flexibility index (Phi) is 12.2. The number of rotatable bonds is 16. The van der Waals surface area contributed by atoms with Crippen molar-refractivity contribution in [1.82, 2.24) is 9.88 Å². The third kappa shape index (κ3) is 7.96. The summed E-state index contributed by atoms with van der Waals surface area (Å²) in [5.74, 6) is -3.13. The minimum Gasteiger partial charge on any atom is -0.491 e. The van der Waals surface area contributed by atoms with Crippen LogP contribution in [0.4, 0.5) is 8.78 Å². The molecule has 1 aromatic carbocycles. The quantitative estimate of drug-likeness (QED) is 0.213. The monoisotopic (exact) mass is 628 g/mol. The van der Waals surface area contributed by atoms with Gasteiger partial charge in [0, 0.05) is 44.7 Å². The first-order valence-corrected chi connectivity index (χ1v) is 15.7. The smallest absolute Gasteiger partial charge is 0.330 e. The van der Waals surface area contributed by atoms with Gasteiger partial charge in [-0.15, -0.1) is 0 Å². The summed E-state index contributed by atoms with van der Waals surface area (Å²) < 4.78 is 68.6. The highest BCUT2D eigenvalue weighted by molar-refractivity contribution is 7.53. The first-order valence-electron chi connectivity index (χ1n) is 14.0. The van der Waals surface area contributed by atoms with Crippen LogP contribution < -0.4 is 15.5 Å². The van der Waals surface area contributed by atoms with Crippen LogP contribution in [-0.4, -0.2) is 69.2 Å². The molecular weight excluding hydrogens is 589 g/mol. The molecule has 238 valence electrons. The van der Waals surface area contributed by atoms with E-state index in [-0.39, 0.29) is 74.7 Å². The molecular formula is C29H39F2N2O9P. The van der Waals surface area contributed by atoms with Gasteiger partial charge in [0.2, 0.25) is 5.43 Å². The Bertz CT molecular complexity index is 1410. The van der Waals surface area contributed by atoms with Crippen LogP contribution in [0.5, 0.6) is 5.75 Å². The Morgan fingerprint density at radius 3 is 2.44 bits per heavy atom. The number of ether oxygens (including phenoxy) is 3. The molecule has 3 rings (SSSR count). The third-order valence-electron chi connectivity index (χ3n) is 7.37. The average molecular weight is 629 g/mol. The number of halogens is 2. The van der Waals surface area contributed by atoms with Gasteiger partial charge >= 0.3 is 7.60 Å². The summed E-state index contributed by atoms with van der Waals surface area (Å²) in [5.41, 5.74) is -2.18. The summed E-state index contributed by atoms with van der Waals surface area (Å²) in [6, 6.07) is 2.95. The molecule has 1 aliphatic heterocycles. The SMILES string of the molecule is CCOP(=O)(CCCOCCC1(C)C(=O)c2c(OC)c(=O)c(C(=O)NCc3ccc(F)cc3F)cn2CC1OC)OCC. The molecule has 1 aliphatic rings. The number of methoxy groups -OCH3 is 2. The number of benzene rings is 1. The molecule has 1 N–H and O–H groups in total. The van der Waals surface area contributed by atoms with Gasteiger partial charge in [-0.1, -0.05) is 6.07 Å². The van der Waals surface area contributed by atoms with Crippen molar-refractivity contribution in [3.05, 3.63) is 63.1 Å². The molecule has 0 bridgehead atoms. The first-order chi connectivity index (χ1) is 20.4. The van der Waals surface area contributed by atoms with E-state index in [4.69, 9.17) is 23.3 Å². The number of nitrogens with one attached hydrogen (secondary N) is 1. The number of carbonyl (C=O) groups excluding carboxylic acids is 2. The van der Waals surface area contributed by atoms with E-state index in [0.717, 1.165) is 6.07 Å². The van der Waals surface area contributed by atoms with E-state index in [1.807, 2.05) is 0 Å². The van der Waals surface area contributed by atoms with Gasteiger partial charge in [-0.2, -0.15) is 0 Å². The molecule has 0 aliphatic carbocycles. The standard InChI is InChI=1S/C29H39F2N2O9P/c1-6-41-43(37,42-7-2)14-8-12-40-13-11-29(3)23(38-4)18-33-17-21(25(34)26(39-5)24(33)27(29)35)28(36)32-16-19-9-10-20(30)15-22(19)31/h9-10,15,17,23H,6-8,11-14,16,18H2,1-5H3,(H,32,36). The van der Waals surface area contributed by atoms with E-state index in [1.165, 1.54) is 31.0 Å². The van der Waals surface area contributed by atoms with Crippen LogP contribution in [0, 0.1) is 17.0 Å². The predicted molar refractivity (Wildman–Crippen MR) is 154 cm³/mol. The minimum absolute atomic E-state index is 0.00111. The maximum absolute atomic E-state index is 14.0. The molecule has 0 fully saturated rings. The third-order valence-corrected chi connectivity index (χ3v) is 9.54. The maximum atomic E-state index is 14.0. The molecule has 2 aromatic rings. The van der Waals surface area contributed by atoms with Gasteiger partial charge in [0.1, 0.15) is 22.9 Å². The molecule has 43 heavy (non-hydrogen) atoms. The Labute approximate surface area is 249 Å². The molecule has 0 spiro atoms. The van der Waals surface area contributed by atoms with Crippen molar-refractivity contribution in [2.75, 3.05) is 46.8 Å². The van der Waals surface area contributed by atoms with E-state index < -0.39 is 47.9 Å². The summed E-state index contributed by atoms with van der Waals surface area (Å²) in [7, 11) is -0.485. The van der Waals surface area contributed by atoms with E-state index in [2.05, 4.69) is 5.32 Å². The molecule has 0 saturated heterocycles. The highest BCUT2D eigenvalue weighted by atomic mass is 31.2. The van der Waals surface area contributed by atoms with Crippen molar-refractivity contribution >= 4 is 19.3 Å². The second kappa shape index (κ2) is 15.2. The number of nitrogens with zero attached hydrogens (tertiary/aromatic N) is 1. The number of hydrogen-bond donors (Lipinski definition) is 1. The zero-order valence-electron chi connectivity index (χ0n) is 25.1. The second-order valence-electron chi connectivity index (χ2n) is 10.2. The summed E-state index contributed by atoms with van der Waals surface area (Å²) in [6.07, 6.45) is 1.50. The Hall–Kier alpha value is -2.96. The molecule has 2 unspecified atom stereocenters. The second-order valence-corrected chi connectivity index (χ2v) is 12.4. The number of aromatic nitrogens is 1. The van der Waals surface area contributed by atoms with Gasteiger partial charge in [0.05, 0.1) is 44.5 Å². The van der Waals surface area contributed by atoms with E-state index in [9.17, 15) is 27.7 Å². The molecule has 2 heterocycles. The van der Waals surface area contributed by atoms with Gasteiger partial charge in [-0.05, 0) is 39.7 Å². The Balaban J connectivity index is 1.74. The number of carbonyl (C=O) groups is 2. The van der Waals surface area contributed by atoms with Crippen LogP contribution in [0.3, 0.4) is 0 Å².